The Balaban J connectivity index is 1.37. The molecule has 1 aliphatic rings. The van der Waals surface area contributed by atoms with Crippen LogP contribution >= 0.6 is 11.3 Å². The van der Waals surface area contributed by atoms with Crippen molar-refractivity contribution in [3.8, 4) is 11.3 Å². The van der Waals surface area contributed by atoms with E-state index in [1.807, 2.05) is 6.20 Å². The molecule has 0 radical (unpaired) electrons. The maximum Gasteiger partial charge on any atom is 0.214 e. The van der Waals surface area contributed by atoms with Crippen LogP contribution in [0.3, 0.4) is 0 Å². The largest absolute Gasteiger partial charge is 0.359 e. The van der Waals surface area contributed by atoms with Crippen LogP contribution in [0, 0.1) is 11.7 Å². The number of nitrogens with zero attached hydrogens (tertiary/aromatic N) is 4. The lowest BCUT2D eigenvalue weighted by Gasteiger charge is -2.30. The van der Waals surface area contributed by atoms with E-state index in [2.05, 4.69) is 27.2 Å². The highest BCUT2D eigenvalue weighted by Crippen LogP contribution is 2.24. The van der Waals surface area contributed by atoms with Crippen LogP contribution in [-0.2, 0) is 0 Å². The van der Waals surface area contributed by atoms with Crippen LogP contribution in [0.5, 0.6) is 0 Å². The van der Waals surface area contributed by atoms with E-state index in [9.17, 15) is 4.39 Å². The van der Waals surface area contributed by atoms with Gasteiger partial charge in [0.25, 0.3) is 0 Å². The van der Waals surface area contributed by atoms with E-state index in [1.165, 1.54) is 38.1 Å². The molecule has 1 aliphatic heterocycles. The van der Waals surface area contributed by atoms with Gasteiger partial charge in [-0.15, -0.1) is 5.10 Å². The van der Waals surface area contributed by atoms with E-state index in [1.54, 1.807) is 28.0 Å². The number of aromatic nitrogens is 3. The van der Waals surface area contributed by atoms with E-state index in [0.717, 1.165) is 40.4 Å². The first-order valence-electron chi connectivity index (χ1n) is 8.76. The van der Waals surface area contributed by atoms with Crippen LogP contribution in [0.4, 0.5) is 9.52 Å². The number of nitrogens with one attached hydrogen (secondary N) is 1. The highest BCUT2D eigenvalue weighted by Gasteiger charge is 2.16. The average molecular weight is 359 g/mol. The topological polar surface area (TPSA) is 45.5 Å². The summed E-state index contributed by atoms with van der Waals surface area (Å²) in [5, 5.41) is 8.83. The molecule has 4 rings (SSSR count). The molecule has 1 unspecified atom stereocenters. The number of imidazole rings is 1. The summed E-state index contributed by atoms with van der Waals surface area (Å²) in [5.74, 6) is 0.569. The second-order valence-corrected chi connectivity index (χ2v) is 7.70. The molecule has 0 aliphatic carbocycles. The Labute approximate surface area is 150 Å². The van der Waals surface area contributed by atoms with Crippen molar-refractivity contribution >= 4 is 21.4 Å². The van der Waals surface area contributed by atoms with Gasteiger partial charge in [0.05, 0.1) is 11.9 Å². The minimum absolute atomic E-state index is 0.238. The van der Waals surface area contributed by atoms with Gasteiger partial charge in [-0.1, -0.05) is 18.3 Å². The fraction of sp³-hybridized carbons (Fsp3) is 0.444. The third kappa shape index (κ3) is 3.82. The van der Waals surface area contributed by atoms with Crippen LogP contribution < -0.4 is 5.32 Å². The summed E-state index contributed by atoms with van der Waals surface area (Å²) in [4.78, 5) is 7.95. The lowest BCUT2D eigenvalue weighted by atomic mass is 10.0. The normalized spacial score (nSPS) is 18.7. The maximum absolute atomic E-state index is 13.0. The number of hydrogen-bond donors (Lipinski definition) is 1. The van der Waals surface area contributed by atoms with Gasteiger partial charge < -0.3 is 10.2 Å². The van der Waals surface area contributed by atoms with Crippen molar-refractivity contribution < 1.29 is 4.39 Å². The Morgan fingerprint density at radius 2 is 2.16 bits per heavy atom. The quantitative estimate of drug-likeness (QED) is 0.754. The molecular weight excluding hydrogens is 337 g/mol. The van der Waals surface area contributed by atoms with Crippen LogP contribution in [-0.4, -0.2) is 45.7 Å². The molecule has 0 bridgehead atoms. The Morgan fingerprint density at radius 3 is 2.92 bits per heavy atom. The van der Waals surface area contributed by atoms with E-state index < -0.39 is 0 Å². The Morgan fingerprint density at radius 1 is 1.32 bits per heavy atom. The van der Waals surface area contributed by atoms with Gasteiger partial charge in [-0.05, 0) is 49.6 Å². The summed E-state index contributed by atoms with van der Waals surface area (Å²) in [5.41, 5.74) is 1.71. The zero-order chi connectivity index (χ0) is 17.2. The van der Waals surface area contributed by atoms with Crippen molar-refractivity contribution in [2.24, 2.45) is 5.92 Å². The highest BCUT2D eigenvalue weighted by molar-refractivity contribution is 7.20. The molecule has 3 heterocycles. The van der Waals surface area contributed by atoms with Crippen molar-refractivity contribution in [2.75, 3.05) is 31.5 Å². The van der Waals surface area contributed by atoms with Crippen LogP contribution in [0.25, 0.3) is 16.2 Å². The molecule has 0 amide bonds. The number of hydrogen-bond acceptors (Lipinski definition) is 5. The smallest absolute Gasteiger partial charge is 0.214 e. The minimum Gasteiger partial charge on any atom is -0.359 e. The van der Waals surface area contributed by atoms with Crippen LogP contribution in [0.15, 0.2) is 30.5 Å². The van der Waals surface area contributed by atoms with Crippen molar-refractivity contribution in [3.05, 3.63) is 36.3 Å². The first-order valence-corrected chi connectivity index (χ1v) is 9.57. The number of rotatable bonds is 5. The molecular formula is C18H22FN5S. The van der Waals surface area contributed by atoms with Crippen LogP contribution in [0.2, 0.25) is 0 Å². The molecule has 1 aromatic carbocycles. The number of benzene rings is 1. The SMILES string of the molecule is CC1CCCN(CCNc2nn3cc(-c4ccc(F)cc4)nc3s2)C1. The highest BCUT2D eigenvalue weighted by atomic mass is 32.1. The molecule has 1 fully saturated rings. The summed E-state index contributed by atoms with van der Waals surface area (Å²) in [6, 6.07) is 6.37. The zero-order valence-electron chi connectivity index (χ0n) is 14.3. The molecule has 25 heavy (non-hydrogen) atoms. The van der Waals surface area contributed by atoms with Gasteiger partial charge in [0.1, 0.15) is 5.82 Å². The van der Waals surface area contributed by atoms with Gasteiger partial charge in [0, 0.05) is 25.2 Å². The number of piperidine rings is 1. The predicted molar refractivity (Wildman–Crippen MR) is 99.6 cm³/mol. The third-order valence-electron chi connectivity index (χ3n) is 4.63. The van der Waals surface area contributed by atoms with Gasteiger partial charge in [-0.25, -0.2) is 13.9 Å². The van der Waals surface area contributed by atoms with Gasteiger partial charge in [0.2, 0.25) is 10.1 Å². The molecule has 0 saturated carbocycles. The van der Waals surface area contributed by atoms with E-state index >= 15 is 0 Å². The monoisotopic (exact) mass is 359 g/mol. The number of anilines is 1. The molecule has 132 valence electrons. The van der Waals surface area contributed by atoms with Gasteiger partial charge in [-0.2, -0.15) is 0 Å². The first-order chi connectivity index (χ1) is 12.2. The summed E-state index contributed by atoms with van der Waals surface area (Å²) in [7, 11) is 0. The number of halogens is 1. The molecule has 1 atom stereocenters. The predicted octanol–water partition coefficient (Wildman–Crippen LogP) is 3.74. The van der Waals surface area contributed by atoms with Gasteiger partial charge in [0.15, 0.2) is 0 Å². The number of likely N-dealkylation sites (tertiary alicyclic amines) is 1. The number of fused-ring (bicyclic) bond motifs is 1. The van der Waals surface area contributed by atoms with Crippen molar-refractivity contribution in [1.29, 1.82) is 0 Å². The van der Waals surface area contributed by atoms with Crippen LogP contribution in [0.1, 0.15) is 19.8 Å². The summed E-state index contributed by atoms with van der Waals surface area (Å²) in [6.45, 7) is 6.67. The molecule has 1 N–H and O–H groups in total. The average Bonchev–Trinajstić information content (AvgIpc) is 3.14. The standard InChI is InChI=1S/C18H22FN5S/c1-13-3-2-9-23(11-13)10-8-20-17-22-24-12-16(21-18(24)25-17)14-4-6-15(19)7-5-14/h4-7,12-13H,2-3,8-11H2,1H3,(H,20,22). The lowest BCUT2D eigenvalue weighted by molar-refractivity contribution is 0.190. The molecule has 2 aromatic heterocycles. The fourth-order valence-electron chi connectivity index (χ4n) is 3.34. The molecule has 7 heteroatoms. The Bertz CT molecular complexity index is 809. The second kappa shape index (κ2) is 7.09. The van der Waals surface area contributed by atoms with Gasteiger partial charge in [-0.3, -0.25) is 0 Å². The minimum atomic E-state index is -0.238. The molecule has 5 nitrogen and oxygen atoms in total. The van der Waals surface area contributed by atoms with E-state index in [-0.39, 0.29) is 5.82 Å². The summed E-state index contributed by atoms with van der Waals surface area (Å²) >= 11 is 1.54. The molecule has 0 spiro atoms. The Kier molecular flexibility index (Phi) is 4.67. The Hall–Kier alpha value is -1.99. The molecule has 1 saturated heterocycles. The fourth-order valence-corrected chi connectivity index (χ4v) is 4.15. The zero-order valence-corrected chi connectivity index (χ0v) is 15.1. The third-order valence-corrected chi connectivity index (χ3v) is 5.51. The lowest BCUT2D eigenvalue weighted by Crippen LogP contribution is -2.37. The van der Waals surface area contributed by atoms with Crippen molar-refractivity contribution in [1.82, 2.24) is 19.5 Å². The van der Waals surface area contributed by atoms with Crippen molar-refractivity contribution in [3.63, 3.8) is 0 Å². The molecule has 3 aromatic rings. The van der Waals surface area contributed by atoms with Gasteiger partial charge >= 0.3 is 0 Å². The summed E-state index contributed by atoms with van der Waals surface area (Å²) < 4.78 is 14.8. The summed E-state index contributed by atoms with van der Waals surface area (Å²) in [6.07, 6.45) is 4.54. The maximum atomic E-state index is 13.0. The van der Waals surface area contributed by atoms with Crippen molar-refractivity contribution in [2.45, 2.75) is 19.8 Å². The second-order valence-electron chi connectivity index (χ2n) is 6.74. The first kappa shape index (κ1) is 16.5. The van der Waals surface area contributed by atoms with E-state index in [0.29, 0.717) is 0 Å². The van der Waals surface area contributed by atoms with E-state index in [4.69, 9.17) is 0 Å².